The van der Waals surface area contributed by atoms with Gasteiger partial charge in [-0.1, -0.05) is 22.0 Å². The summed E-state index contributed by atoms with van der Waals surface area (Å²) < 4.78 is 14.2. The van der Waals surface area contributed by atoms with Gasteiger partial charge in [0.25, 0.3) is 0 Å². The molecule has 0 aromatic heterocycles. The Balaban J connectivity index is 2.04. The van der Waals surface area contributed by atoms with E-state index in [0.29, 0.717) is 22.9 Å². The first-order chi connectivity index (χ1) is 8.03. The van der Waals surface area contributed by atoms with E-state index in [1.54, 1.807) is 12.1 Å². The molecule has 5 heteroatoms. The van der Waals surface area contributed by atoms with Crippen molar-refractivity contribution in [3.05, 3.63) is 34.1 Å². The standard InChI is InChI=1S/C12H13BrFNO2/c13-9-3-2-8(10(14)6-9)7-15-12(11(16)17)4-1-5-12/h2-3,6,15H,1,4-5,7H2,(H,16,17). The fourth-order valence-corrected chi connectivity index (χ4v) is 2.26. The van der Waals surface area contributed by atoms with Crippen LogP contribution in [0.3, 0.4) is 0 Å². The quantitative estimate of drug-likeness (QED) is 0.899. The Morgan fingerprint density at radius 3 is 2.71 bits per heavy atom. The van der Waals surface area contributed by atoms with Gasteiger partial charge < -0.3 is 5.11 Å². The normalized spacial score (nSPS) is 17.5. The van der Waals surface area contributed by atoms with Crippen molar-refractivity contribution in [1.82, 2.24) is 5.32 Å². The number of carboxylic acid groups (broad SMARTS) is 1. The second-order valence-corrected chi connectivity index (χ2v) is 5.25. The maximum Gasteiger partial charge on any atom is 0.323 e. The molecule has 0 aliphatic heterocycles. The molecule has 2 rings (SSSR count). The molecular formula is C12H13BrFNO2. The molecule has 0 unspecified atom stereocenters. The third-order valence-electron chi connectivity index (χ3n) is 3.25. The van der Waals surface area contributed by atoms with E-state index in [9.17, 15) is 9.18 Å². The van der Waals surface area contributed by atoms with Gasteiger partial charge in [-0.05, 0) is 31.4 Å². The van der Waals surface area contributed by atoms with Gasteiger partial charge in [0.05, 0.1) is 0 Å². The van der Waals surface area contributed by atoms with E-state index in [1.807, 2.05) is 0 Å². The predicted molar refractivity (Wildman–Crippen MR) is 65.2 cm³/mol. The summed E-state index contributed by atoms with van der Waals surface area (Å²) in [6.07, 6.45) is 2.13. The van der Waals surface area contributed by atoms with E-state index in [4.69, 9.17) is 5.11 Å². The zero-order valence-corrected chi connectivity index (χ0v) is 10.8. The summed E-state index contributed by atoms with van der Waals surface area (Å²) in [6, 6.07) is 4.78. The Morgan fingerprint density at radius 2 is 2.24 bits per heavy atom. The number of nitrogens with one attached hydrogen (secondary N) is 1. The molecule has 1 aliphatic rings. The zero-order valence-electron chi connectivity index (χ0n) is 9.17. The summed E-state index contributed by atoms with van der Waals surface area (Å²) in [5.74, 6) is -1.17. The lowest BCUT2D eigenvalue weighted by Gasteiger charge is -2.38. The molecule has 0 spiro atoms. The van der Waals surface area contributed by atoms with Gasteiger partial charge in [-0.25, -0.2) is 4.39 Å². The monoisotopic (exact) mass is 301 g/mol. The van der Waals surface area contributed by atoms with Crippen molar-refractivity contribution in [2.45, 2.75) is 31.3 Å². The molecule has 0 amide bonds. The second-order valence-electron chi connectivity index (χ2n) is 4.33. The maximum absolute atomic E-state index is 13.5. The lowest BCUT2D eigenvalue weighted by Crippen LogP contribution is -2.56. The van der Waals surface area contributed by atoms with Crippen LogP contribution >= 0.6 is 15.9 Å². The Hall–Kier alpha value is -0.940. The Bertz CT molecular complexity index is 446. The molecule has 0 atom stereocenters. The summed E-state index contributed by atoms with van der Waals surface area (Å²) in [6.45, 7) is 0.241. The van der Waals surface area contributed by atoms with Crippen molar-refractivity contribution in [1.29, 1.82) is 0 Å². The summed E-state index contributed by atoms with van der Waals surface area (Å²) >= 11 is 3.18. The number of carbonyl (C=O) groups is 1. The van der Waals surface area contributed by atoms with E-state index in [-0.39, 0.29) is 12.4 Å². The number of aliphatic carboxylic acids is 1. The van der Waals surface area contributed by atoms with Crippen LogP contribution in [0.25, 0.3) is 0 Å². The molecule has 92 valence electrons. The molecule has 17 heavy (non-hydrogen) atoms. The number of benzene rings is 1. The highest BCUT2D eigenvalue weighted by molar-refractivity contribution is 9.10. The number of halogens is 2. The smallest absolute Gasteiger partial charge is 0.323 e. The average Bonchev–Trinajstić information content (AvgIpc) is 2.18. The lowest BCUT2D eigenvalue weighted by atomic mass is 9.76. The highest BCUT2D eigenvalue weighted by atomic mass is 79.9. The molecule has 0 heterocycles. The molecule has 0 radical (unpaired) electrons. The minimum absolute atomic E-state index is 0.241. The minimum Gasteiger partial charge on any atom is -0.480 e. The van der Waals surface area contributed by atoms with Crippen molar-refractivity contribution >= 4 is 21.9 Å². The Kier molecular flexibility index (Phi) is 3.49. The summed E-state index contributed by atoms with van der Waals surface area (Å²) in [7, 11) is 0. The van der Waals surface area contributed by atoms with Gasteiger partial charge >= 0.3 is 5.97 Å². The van der Waals surface area contributed by atoms with Gasteiger partial charge in [0, 0.05) is 16.6 Å². The summed E-state index contributed by atoms with van der Waals surface area (Å²) in [4.78, 5) is 11.1. The molecule has 1 fully saturated rings. The third kappa shape index (κ3) is 2.50. The van der Waals surface area contributed by atoms with Crippen LogP contribution in [0.5, 0.6) is 0 Å². The van der Waals surface area contributed by atoms with Gasteiger partial charge in [0.1, 0.15) is 11.4 Å². The van der Waals surface area contributed by atoms with Crippen molar-refractivity contribution < 1.29 is 14.3 Å². The van der Waals surface area contributed by atoms with Crippen LogP contribution in [0.15, 0.2) is 22.7 Å². The van der Waals surface area contributed by atoms with Crippen LogP contribution in [0.1, 0.15) is 24.8 Å². The Morgan fingerprint density at radius 1 is 1.53 bits per heavy atom. The van der Waals surface area contributed by atoms with Gasteiger partial charge in [0.2, 0.25) is 0 Å². The first-order valence-corrected chi connectivity index (χ1v) is 6.25. The van der Waals surface area contributed by atoms with Crippen LogP contribution < -0.4 is 5.32 Å². The number of carboxylic acids is 1. The molecule has 1 aromatic rings. The SMILES string of the molecule is O=C(O)C1(NCc2ccc(Br)cc2F)CCC1. The molecule has 1 aliphatic carbocycles. The van der Waals surface area contributed by atoms with Gasteiger partial charge in [-0.3, -0.25) is 10.1 Å². The number of hydrogen-bond acceptors (Lipinski definition) is 2. The van der Waals surface area contributed by atoms with E-state index in [2.05, 4.69) is 21.2 Å². The second kappa shape index (κ2) is 4.74. The molecular weight excluding hydrogens is 289 g/mol. The van der Waals surface area contributed by atoms with E-state index < -0.39 is 11.5 Å². The summed E-state index contributed by atoms with van der Waals surface area (Å²) in [5, 5.41) is 12.1. The largest absolute Gasteiger partial charge is 0.480 e. The van der Waals surface area contributed by atoms with Gasteiger partial charge in [-0.15, -0.1) is 0 Å². The predicted octanol–water partition coefficient (Wildman–Crippen LogP) is 2.69. The van der Waals surface area contributed by atoms with E-state index >= 15 is 0 Å². The minimum atomic E-state index is -0.848. The van der Waals surface area contributed by atoms with Crippen LogP contribution in [0.2, 0.25) is 0 Å². The number of rotatable bonds is 4. The molecule has 0 saturated heterocycles. The molecule has 2 N–H and O–H groups in total. The van der Waals surface area contributed by atoms with Crippen LogP contribution in [0.4, 0.5) is 4.39 Å². The van der Waals surface area contributed by atoms with Crippen molar-refractivity contribution in [3.8, 4) is 0 Å². The highest BCUT2D eigenvalue weighted by Gasteiger charge is 2.43. The van der Waals surface area contributed by atoms with Crippen molar-refractivity contribution in [3.63, 3.8) is 0 Å². The van der Waals surface area contributed by atoms with Crippen LogP contribution in [0, 0.1) is 5.82 Å². The lowest BCUT2D eigenvalue weighted by molar-refractivity contribution is -0.148. The summed E-state index contributed by atoms with van der Waals surface area (Å²) in [5.41, 5.74) is -0.361. The van der Waals surface area contributed by atoms with E-state index in [1.165, 1.54) is 6.07 Å². The average molecular weight is 302 g/mol. The van der Waals surface area contributed by atoms with Crippen LogP contribution in [-0.2, 0) is 11.3 Å². The molecule has 1 aromatic carbocycles. The third-order valence-corrected chi connectivity index (χ3v) is 3.74. The van der Waals surface area contributed by atoms with Crippen molar-refractivity contribution in [2.75, 3.05) is 0 Å². The van der Waals surface area contributed by atoms with Crippen LogP contribution in [-0.4, -0.2) is 16.6 Å². The first-order valence-electron chi connectivity index (χ1n) is 5.46. The molecule has 3 nitrogen and oxygen atoms in total. The molecule has 1 saturated carbocycles. The maximum atomic E-state index is 13.5. The topological polar surface area (TPSA) is 49.3 Å². The highest BCUT2D eigenvalue weighted by Crippen LogP contribution is 2.32. The fourth-order valence-electron chi connectivity index (χ4n) is 1.93. The first kappa shape index (κ1) is 12.5. The molecule has 0 bridgehead atoms. The Labute approximate surface area is 107 Å². The fraction of sp³-hybridized carbons (Fsp3) is 0.417. The van der Waals surface area contributed by atoms with Gasteiger partial charge in [-0.2, -0.15) is 0 Å². The van der Waals surface area contributed by atoms with Gasteiger partial charge in [0.15, 0.2) is 0 Å². The number of hydrogen-bond donors (Lipinski definition) is 2. The van der Waals surface area contributed by atoms with E-state index in [0.717, 1.165) is 6.42 Å². The zero-order chi connectivity index (χ0) is 12.5. The van der Waals surface area contributed by atoms with Crippen molar-refractivity contribution in [2.24, 2.45) is 0 Å².